The Morgan fingerprint density at radius 2 is 2.20 bits per heavy atom. The molecule has 0 unspecified atom stereocenters. The van der Waals surface area contributed by atoms with Gasteiger partial charge in [-0.25, -0.2) is 14.5 Å². The van der Waals surface area contributed by atoms with Crippen LogP contribution >= 0.6 is 12.2 Å². The lowest BCUT2D eigenvalue weighted by molar-refractivity contribution is 0.532. The molecule has 0 fully saturated rings. The van der Waals surface area contributed by atoms with Crippen molar-refractivity contribution in [1.29, 1.82) is 0 Å². The van der Waals surface area contributed by atoms with Gasteiger partial charge in [0.25, 0.3) is 0 Å². The van der Waals surface area contributed by atoms with Crippen molar-refractivity contribution in [2.24, 2.45) is 0 Å². The normalized spacial score (nSPS) is 11.1. The molecule has 2 aromatic heterocycles. The Hall–Kier alpha value is -1.63. The Morgan fingerprint density at radius 3 is 2.67 bits per heavy atom. The molecule has 0 radical (unpaired) electrons. The van der Waals surface area contributed by atoms with Gasteiger partial charge in [-0.2, -0.15) is 5.10 Å². The lowest BCUT2D eigenvalue weighted by atomic mass is 10.4. The molecule has 0 spiro atoms. The molecule has 0 atom stereocenters. The van der Waals surface area contributed by atoms with Crippen molar-refractivity contribution in [3.05, 3.63) is 27.6 Å². The molecule has 0 amide bonds. The number of hydrogen-bond donors (Lipinski definition) is 2. The quantitative estimate of drug-likeness (QED) is 0.749. The number of aromatic amines is 2. The highest BCUT2D eigenvalue weighted by Crippen LogP contribution is 2.08. The molecule has 0 aliphatic heterocycles. The molecule has 7 heteroatoms. The maximum absolute atomic E-state index is 11.4. The van der Waals surface area contributed by atoms with Crippen LogP contribution in [0.15, 0.2) is 17.2 Å². The minimum Gasteiger partial charge on any atom is -0.272 e. The average Bonchev–Trinajstić information content (AvgIpc) is 2.73. The summed E-state index contributed by atoms with van der Waals surface area (Å²) in [4.78, 5) is 11.4. The molecule has 0 aliphatic rings. The highest BCUT2D eigenvalue weighted by Gasteiger charge is 2.07. The molecule has 80 valence electrons. The van der Waals surface area contributed by atoms with Crippen LogP contribution in [-0.4, -0.2) is 24.5 Å². The molecular formula is C8H11N5OS. The molecule has 6 nitrogen and oxygen atoms in total. The summed E-state index contributed by atoms with van der Waals surface area (Å²) in [5.74, 6) is 0. The molecule has 2 N–H and O–H groups in total. The summed E-state index contributed by atoms with van der Waals surface area (Å²) in [6, 6.07) is 0.256. The van der Waals surface area contributed by atoms with Gasteiger partial charge in [0.15, 0.2) is 0 Å². The second-order valence-electron chi connectivity index (χ2n) is 3.47. The molecule has 0 aromatic carbocycles. The van der Waals surface area contributed by atoms with Gasteiger partial charge in [-0.05, 0) is 26.1 Å². The van der Waals surface area contributed by atoms with E-state index in [1.54, 1.807) is 17.1 Å². The lowest BCUT2D eigenvalue weighted by Crippen LogP contribution is -2.14. The third-order valence-electron chi connectivity index (χ3n) is 2.06. The zero-order chi connectivity index (χ0) is 11.0. The van der Waals surface area contributed by atoms with Gasteiger partial charge in [0.05, 0.1) is 11.9 Å². The summed E-state index contributed by atoms with van der Waals surface area (Å²) < 4.78 is 3.47. The maximum atomic E-state index is 11.4. The molecule has 2 heterocycles. The van der Waals surface area contributed by atoms with Gasteiger partial charge in [0.1, 0.15) is 0 Å². The fourth-order valence-corrected chi connectivity index (χ4v) is 1.51. The van der Waals surface area contributed by atoms with Crippen molar-refractivity contribution in [3.8, 4) is 5.69 Å². The van der Waals surface area contributed by atoms with E-state index in [1.165, 1.54) is 4.57 Å². The molecule has 0 saturated carbocycles. The number of nitrogens with one attached hydrogen (secondary N) is 2. The van der Waals surface area contributed by atoms with E-state index in [4.69, 9.17) is 12.2 Å². The van der Waals surface area contributed by atoms with Crippen molar-refractivity contribution >= 4 is 12.2 Å². The number of aromatic nitrogens is 5. The Labute approximate surface area is 90.5 Å². The SMILES string of the molecule is CC(C)n1cc(-n2c(=O)[nH][nH]c2=S)cn1. The minimum atomic E-state index is -0.289. The standard InChI is InChI=1S/C8H11N5OS/c1-5(2)12-4-6(3-9-12)13-7(14)10-11-8(13)15/h3-5H,1-2H3,(H,10,14)(H,11,15). The van der Waals surface area contributed by atoms with Crippen molar-refractivity contribution < 1.29 is 0 Å². The van der Waals surface area contributed by atoms with Gasteiger partial charge in [0.2, 0.25) is 4.77 Å². The van der Waals surface area contributed by atoms with Gasteiger partial charge in [-0.3, -0.25) is 9.78 Å². The van der Waals surface area contributed by atoms with Gasteiger partial charge >= 0.3 is 5.69 Å². The average molecular weight is 225 g/mol. The Kier molecular flexibility index (Phi) is 2.31. The fraction of sp³-hybridized carbons (Fsp3) is 0.375. The molecule has 0 bridgehead atoms. The van der Waals surface area contributed by atoms with Crippen LogP contribution in [0.2, 0.25) is 0 Å². The van der Waals surface area contributed by atoms with Gasteiger partial charge in [-0.1, -0.05) is 0 Å². The van der Waals surface area contributed by atoms with E-state index >= 15 is 0 Å². The smallest absolute Gasteiger partial charge is 0.272 e. The predicted octanol–water partition coefficient (Wildman–Crippen LogP) is 1.00. The van der Waals surface area contributed by atoms with Crippen molar-refractivity contribution in [2.75, 3.05) is 0 Å². The zero-order valence-electron chi connectivity index (χ0n) is 8.39. The number of hydrogen-bond acceptors (Lipinski definition) is 3. The Bertz CT molecular complexity index is 545. The van der Waals surface area contributed by atoms with Crippen LogP contribution in [0, 0.1) is 4.77 Å². The summed E-state index contributed by atoms with van der Waals surface area (Å²) >= 11 is 4.97. The monoisotopic (exact) mass is 225 g/mol. The van der Waals surface area contributed by atoms with Crippen molar-refractivity contribution in [2.45, 2.75) is 19.9 Å². The van der Waals surface area contributed by atoms with Crippen molar-refractivity contribution in [1.82, 2.24) is 24.5 Å². The minimum absolute atomic E-state index is 0.256. The zero-order valence-corrected chi connectivity index (χ0v) is 9.21. The molecular weight excluding hydrogens is 214 g/mol. The van der Waals surface area contributed by atoms with Gasteiger partial charge < -0.3 is 0 Å². The van der Waals surface area contributed by atoms with E-state index in [0.29, 0.717) is 10.5 Å². The summed E-state index contributed by atoms with van der Waals surface area (Å²) in [5, 5.41) is 9.13. The van der Waals surface area contributed by atoms with Crippen LogP contribution in [0.4, 0.5) is 0 Å². The number of nitrogens with zero attached hydrogens (tertiary/aromatic N) is 3. The third kappa shape index (κ3) is 1.65. The van der Waals surface area contributed by atoms with E-state index in [0.717, 1.165) is 0 Å². The van der Waals surface area contributed by atoms with E-state index in [2.05, 4.69) is 15.3 Å². The highest BCUT2D eigenvalue weighted by molar-refractivity contribution is 7.71. The lowest BCUT2D eigenvalue weighted by Gasteiger charge is -2.02. The fourth-order valence-electron chi connectivity index (χ4n) is 1.27. The highest BCUT2D eigenvalue weighted by atomic mass is 32.1. The van der Waals surface area contributed by atoms with Gasteiger partial charge in [-0.15, -0.1) is 0 Å². The van der Waals surface area contributed by atoms with E-state index in [9.17, 15) is 4.79 Å². The molecule has 15 heavy (non-hydrogen) atoms. The van der Waals surface area contributed by atoms with Crippen LogP contribution in [0.25, 0.3) is 5.69 Å². The van der Waals surface area contributed by atoms with Crippen LogP contribution in [0.5, 0.6) is 0 Å². The number of H-pyrrole nitrogens is 2. The molecule has 2 aromatic rings. The van der Waals surface area contributed by atoms with E-state index in [1.807, 2.05) is 13.8 Å². The first-order valence-electron chi connectivity index (χ1n) is 4.54. The summed E-state index contributed by atoms with van der Waals surface area (Å²) in [6.45, 7) is 4.02. The van der Waals surface area contributed by atoms with Crippen LogP contribution in [0.3, 0.4) is 0 Å². The first kappa shape index (κ1) is 9.91. The van der Waals surface area contributed by atoms with E-state index in [-0.39, 0.29) is 11.7 Å². The molecule has 0 saturated heterocycles. The first-order valence-corrected chi connectivity index (χ1v) is 4.94. The number of rotatable bonds is 2. The second-order valence-corrected chi connectivity index (χ2v) is 3.85. The van der Waals surface area contributed by atoms with Crippen LogP contribution in [0.1, 0.15) is 19.9 Å². The van der Waals surface area contributed by atoms with Crippen molar-refractivity contribution in [3.63, 3.8) is 0 Å². The summed E-state index contributed by atoms with van der Waals surface area (Å²) in [5.41, 5.74) is 0.375. The third-order valence-corrected chi connectivity index (χ3v) is 2.34. The Balaban J connectivity index is 2.55. The van der Waals surface area contributed by atoms with Crippen LogP contribution in [-0.2, 0) is 0 Å². The summed E-state index contributed by atoms with van der Waals surface area (Å²) in [7, 11) is 0. The first-order chi connectivity index (χ1) is 7.09. The topological polar surface area (TPSA) is 71.4 Å². The molecule has 2 rings (SSSR count). The maximum Gasteiger partial charge on any atom is 0.347 e. The van der Waals surface area contributed by atoms with Crippen LogP contribution < -0.4 is 5.69 Å². The van der Waals surface area contributed by atoms with E-state index < -0.39 is 0 Å². The largest absolute Gasteiger partial charge is 0.347 e. The Morgan fingerprint density at radius 1 is 1.47 bits per heavy atom. The second kappa shape index (κ2) is 3.50. The summed E-state index contributed by atoms with van der Waals surface area (Å²) in [6.07, 6.45) is 3.39. The predicted molar refractivity (Wildman–Crippen MR) is 57.7 cm³/mol. The molecule has 0 aliphatic carbocycles. The van der Waals surface area contributed by atoms with Gasteiger partial charge in [0, 0.05) is 12.2 Å².